The summed E-state index contributed by atoms with van der Waals surface area (Å²) >= 11 is 0. The van der Waals surface area contributed by atoms with Crippen LogP contribution in [0.2, 0.25) is 19.6 Å². The molecular formula is C20H29N3O3Si. The van der Waals surface area contributed by atoms with E-state index in [0.29, 0.717) is 17.9 Å². The average molecular weight is 388 g/mol. The molecule has 146 valence electrons. The van der Waals surface area contributed by atoms with Crippen LogP contribution < -0.4 is 4.90 Å². The number of amides is 2. The van der Waals surface area contributed by atoms with Gasteiger partial charge in [0.25, 0.3) is 0 Å². The third-order valence-electron chi connectivity index (χ3n) is 3.84. The maximum atomic E-state index is 12.6. The molecule has 1 aromatic rings. The van der Waals surface area contributed by atoms with Crippen LogP contribution in [0.4, 0.5) is 10.5 Å². The van der Waals surface area contributed by atoms with Gasteiger partial charge in [0, 0.05) is 6.54 Å². The lowest BCUT2D eigenvalue weighted by atomic mass is 10.1. The Labute approximate surface area is 162 Å². The normalized spacial score (nSPS) is 18.0. The minimum atomic E-state index is -1.46. The van der Waals surface area contributed by atoms with E-state index in [1.807, 2.05) is 39.8 Å². The van der Waals surface area contributed by atoms with Gasteiger partial charge in [-0.25, -0.2) is 9.78 Å². The second-order valence-corrected chi connectivity index (χ2v) is 13.6. The van der Waals surface area contributed by atoms with Gasteiger partial charge in [0.15, 0.2) is 0 Å². The molecule has 1 atom stereocenters. The van der Waals surface area contributed by atoms with Crippen molar-refractivity contribution in [2.45, 2.75) is 59.0 Å². The van der Waals surface area contributed by atoms with E-state index in [-0.39, 0.29) is 18.5 Å². The molecular weight excluding hydrogens is 358 g/mol. The molecule has 27 heavy (non-hydrogen) atoms. The van der Waals surface area contributed by atoms with Crippen molar-refractivity contribution in [1.29, 1.82) is 0 Å². The Morgan fingerprint density at radius 3 is 2.48 bits per heavy atom. The summed E-state index contributed by atoms with van der Waals surface area (Å²) in [6, 6.07) is 3.54. The van der Waals surface area contributed by atoms with E-state index in [2.05, 4.69) is 36.1 Å². The number of piperazine rings is 1. The molecule has 0 radical (unpaired) electrons. The SMILES string of the molecule is C[C@H]1CN(c2ccc(C#C[Si](C)(C)C)nc2)C(=O)CN1C(=O)OC(C)(C)C. The largest absolute Gasteiger partial charge is 0.444 e. The molecule has 0 aromatic carbocycles. The van der Waals surface area contributed by atoms with Crippen LogP contribution in [0, 0.1) is 11.5 Å². The number of rotatable bonds is 1. The van der Waals surface area contributed by atoms with E-state index in [0.717, 1.165) is 0 Å². The zero-order valence-corrected chi connectivity index (χ0v) is 18.3. The first-order chi connectivity index (χ1) is 12.4. The van der Waals surface area contributed by atoms with Crippen molar-refractivity contribution < 1.29 is 14.3 Å². The van der Waals surface area contributed by atoms with Gasteiger partial charge in [0.2, 0.25) is 5.91 Å². The molecule has 0 aliphatic carbocycles. The van der Waals surface area contributed by atoms with Crippen LogP contribution in [-0.4, -0.2) is 54.7 Å². The summed E-state index contributed by atoms with van der Waals surface area (Å²) in [6.45, 7) is 14.3. The molecule has 2 amide bonds. The maximum Gasteiger partial charge on any atom is 0.411 e. The topological polar surface area (TPSA) is 62.7 Å². The number of anilines is 1. The number of hydrogen-bond acceptors (Lipinski definition) is 4. The van der Waals surface area contributed by atoms with Gasteiger partial charge < -0.3 is 9.64 Å². The molecule has 0 N–H and O–H groups in total. The van der Waals surface area contributed by atoms with Crippen molar-refractivity contribution in [2.75, 3.05) is 18.0 Å². The second kappa shape index (κ2) is 7.73. The average Bonchev–Trinajstić information content (AvgIpc) is 2.53. The van der Waals surface area contributed by atoms with Crippen molar-refractivity contribution in [3.63, 3.8) is 0 Å². The smallest absolute Gasteiger partial charge is 0.411 e. The Hall–Kier alpha value is -2.33. The highest BCUT2D eigenvalue weighted by Crippen LogP contribution is 2.21. The molecule has 6 nitrogen and oxygen atoms in total. The van der Waals surface area contributed by atoms with Crippen LogP contribution in [0.1, 0.15) is 33.4 Å². The van der Waals surface area contributed by atoms with Crippen molar-refractivity contribution >= 4 is 25.8 Å². The summed E-state index contributed by atoms with van der Waals surface area (Å²) in [6.07, 6.45) is 1.21. The summed E-state index contributed by atoms with van der Waals surface area (Å²) in [5.74, 6) is 2.95. The van der Waals surface area contributed by atoms with E-state index in [1.165, 1.54) is 4.90 Å². The molecule has 1 aromatic heterocycles. The van der Waals surface area contributed by atoms with E-state index < -0.39 is 19.8 Å². The van der Waals surface area contributed by atoms with Gasteiger partial charge >= 0.3 is 6.09 Å². The Morgan fingerprint density at radius 2 is 1.96 bits per heavy atom. The van der Waals surface area contributed by atoms with Gasteiger partial charge in [-0.05, 0) is 39.8 Å². The summed E-state index contributed by atoms with van der Waals surface area (Å²) in [7, 11) is -1.46. The van der Waals surface area contributed by atoms with E-state index in [1.54, 1.807) is 11.1 Å². The standard InChI is InChI=1S/C20H29N3O3Si/c1-15-13-23(18(24)14-22(15)19(25)26-20(2,3)4)17-9-8-16(21-12-17)10-11-27(5,6)7/h8-9,12,15H,13-14H2,1-7H3/t15-/m0/s1. The number of carbonyl (C=O) groups excluding carboxylic acids is 2. The summed E-state index contributed by atoms with van der Waals surface area (Å²) in [5.41, 5.74) is 4.11. The molecule has 1 saturated heterocycles. The van der Waals surface area contributed by atoms with Crippen molar-refractivity contribution in [3.05, 3.63) is 24.0 Å². The summed E-state index contributed by atoms with van der Waals surface area (Å²) in [4.78, 5) is 32.4. The molecule has 0 saturated carbocycles. The first-order valence-electron chi connectivity index (χ1n) is 9.15. The highest BCUT2D eigenvalue weighted by atomic mass is 28.3. The number of ether oxygens (including phenoxy) is 1. The summed E-state index contributed by atoms with van der Waals surface area (Å²) in [5, 5.41) is 0. The van der Waals surface area contributed by atoms with Crippen LogP contribution >= 0.6 is 0 Å². The van der Waals surface area contributed by atoms with Crippen LogP contribution in [0.5, 0.6) is 0 Å². The lowest BCUT2D eigenvalue weighted by Crippen LogP contribution is -2.57. The Kier molecular flexibility index (Phi) is 6.00. The number of pyridine rings is 1. The van der Waals surface area contributed by atoms with Gasteiger partial charge in [-0.1, -0.05) is 25.6 Å². The van der Waals surface area contributed by atoms with E-state index in [9.17, 15) is 9.59 Å². The van der Waals surface area contributed by atoms with Crippen molar-refractivity contribution in [1.82, 2.24) is 9.88 Å². The fourth-order valence-electron chi connectivity index (χ4n) is 2.54. The van der Waals surface area contributed by atoms with Gasteiger partial charge in [0.05, 0.1) is 17.9 Å². The van der Waals surface area contributed by atoms with Crippen LogP contribution in [-0.2, 0) is 9.53 Å². The predicted octanol–water partition coefficient (Wildman–Crippen LogP) is 3.28. The predicted molar refractivity (Wildman–Crippen MR) is 109 cm³/mol. The minimum absolute atomic E-state index is 0.00669. The third kappa shape index (κ3) is 6.10. The van der Waals surface area contributed by atoms with Gasteiger partial charge in [-0.15, -0.1) is 5.54 Å². The third-order valence-corrected chi connectivity index (χ3v) is 4.71. The van der Waals surface area contributed by atoms with Crippen LogP contribution in [0.25, 0.3) is 0 Å². The molecule has 0 bridgehead atoms. The summed E-state index contributed by atoms with van der Waals surface area (Å²) < 4.78 is 5.40. The lowest BCUT2D eigenvalue weighted by Gasteiger charge is -2.39. The highest BCUT2D eigenvalue weighted by Gasteiger charge is 2.35. The van der Waals surface area contributed by atoms with Gasteiger partial charge in [0.1, 0.15) is 25.9 Å². The quantitative estimate of drug-likeness (QED) is 0.548. The van der Waals surface area contributed by atoms with E-state index in [4.69, 9.17) is 4.74 Å². The fraction of sp³-hybridized carbons (Fsp3) is 0.550. The number of carbonyl (C=O) groups is 2. The monoisotopic (exact) mass is 387 g/mol. The molecule has 2 heterocycles. The van der Waals surface area contributed by atoms with Gasteiger partial charge in [-0.3, -0.25) is 9.69 Å². The number of nitrogens with zero attached hydrogens (tertiary/aromatic N) is 3. The minimum Gasteiger partial charge on any atom is -0.444 e. The zero-order valence-electron chi connectivity index (χ0n) is 17.3. The molecule has 0 spiro atoms. The molecule has 0 unspecified atom stereocenters. The molecule has 2 rings (SSSR count). The second-order valence-electron chi connectivity index (χ2n) is 8.86. The Bertz CT molecular complexity index is 767. The molecule has 1 fully saturated rings. The Morgan fingerprint density at radius 1 is 1.30 bits per heavy atom. The van der Waals surface area contributed by atoms with Crippen LogP contribution in [0.15, 0.2) is 18.3 Å². The van der Waals surface area contributed by atoms with Crippen molar-refractivity contribution in [3.8, 4) is 11.5 Å². The first-order valence-corrected chi connectivity index (χ1v) is 12.6. The molecule has 1 aliphatic rings. The first kappa shape index (κ1) is 21.0. The zero-order chi connectivity index (χ0) is 20.4. The van der Waals surface area contributed by atoms with Crippen molar-refractivity contribution in [2.24, 2.45) is 0 Å². The van der Waals surface area contributed by atoms with Gasteiger partial charge in [-0.2, -0.15) is 0 Å². The fourth-order valence-corrected chi connectivity index (χ4v) is 3.04. The van der Waals surface area contributed by atoms with Crippen LogP contribution in [0.3, 0.4) is 0 Å². The molecule has 7 heteroatoms. The number of hydrogen-bond donors (Lipinski definition) is 0. The maximum absolute atomic E-state index is 12.6. The Balaban J connectivity index is 2.10. The number of aromatic nitrogens is 1. The lowest BCUT2D eigenvalue weighted by molar-refractivity contribution is -0.122. The van der Waals surface area contributed by atoms with E-state index >= 15 is 0 Å². The molecule has 1 aliphatic heterocycles. The highest BCUT2D eigenvalue weighted by molar-refractivity contribution is 6.83.